The highest BCUT2D eigenvalue weighted by molar-refractivity contribution is 5.42. The van der Waals surface area contributed by atoms with Crippen molar-refractivity contribution in [3.05, 3.63) is 23.8 Å². The number of nitrogens with one attached hydrogen (secondary N) is 1. The highest BCUT2D eigenvalue weighted by atomic mass is 16.5. The SMILES string of the molecule is CC[C@@H](CO)NC[C@H](O)COCc1ccc(OC)c(OC)c1. The van der Waals surface area contributed by atoms with Crippen LogP contribution in [-0.2, 0) is 11.3 Å². The first kappa shape index (κ1) is 18.7. The molecule has 0 spiro atoms. The highest BCUT2D eigenvalue weighted by Gasteiger charge is 2.09. The third-order valence-corrected chi connectivity index (χ3v) is 3.38. The molecule has 1 rings (SSSR count). The topological polar surface area (TPSA) is 80.2 Å². The molecule has 1 aromatic rings. The van der Waals surface area contributed by atoms with E-state index >= 15 is 0 Å². The van der Waals surface area contributed by atoms with Gasteiger partial charge >= 0.3 is 0 Å². The third kappa shape index (κ3) is 6.19. The summed E-state index contributed by atoms with van der Waals surface area (Å²) < 4.78 is 15.9. The van der Waals surface area contributed by atoms with Gasteiger partial charge in [0.15, 0.2) is 11.5 Å². The van der Waals surface area contributed by atoms with Crippen molar-refractivity contribution in [3.8, 4) is 11.5 Å². The van der Waals surface area contributed by atoms with Gasteiger partial charge in [-0.25, -0.2) is 0 Å². The lowest BCUT2D eigenvalue weighted by Crippen LogP contribution is -2.39. The van der Waals surface area contributed by atoms with E-state index in [-0.39, 0.29) is 19.3 Å². The molecule has 0 radical (unpaired) electrons. The van der Waals surface area contributed by atoms with Crippen LogP contribution in [0.4, 0.5) is 0 Å². The molecule has 0 amide bonds. The van der Waals surface area contributed by atoms with Gasteiger partial charge in [-0.15, -0.1) is 0 Å². The lowest BCUT2D eigenvalue weighted by Gasteiger charge is -2.17. The highest BCUT2D eigenvalue weighted by Crippen LogP contribution is 2.27. The molecule has 2 atom stereocenters. The summed E-state index contributed by atoms with van der Waals surface area (Å²) in [7, 11) is 3.18. The Morgan fingerprint density at radius 1 is 1.18 bits per heavy atom. The van der Waals surface area contributed by atoms with Crippen molar-refractivity contribution in [3.63, 3.8) is 0 Å². The number of rotatable bonds is 11. The molecule has 1 aromatic carbocycles. The first-order chi connectivity index (χ1) is 10.6. The molecule has 3 N–H and O–H groups in total. The molecule has 126 valence electrons. The Hall–Kier alpha value is -1.34. The Kier molecular flexibility index (Phi) is 8.84. The molecule has 0 fully saturated rings. The van der Waals surface area contributed by atoms with Crippen LogP contribution in [0.15, 0.2) is 18.2 Å². The maximum absolute atomic E-state index is 9.84. The van der Waals surface area contributed by atoms with E-state index in [4.69, 9.17) is 19.3 Å². The van der Waals surface area contributed by atoms with Crippen LogP contribution in [0.5, 0.6) is 11.5 Å². The number of aliphatic hydroxyl groups is 2. The normalized spacial score (nSPS) is 13.7. The summed E-state index contributed by atoms with van der Waals surface area (Å²) in [5.41, 5.74) is 0.944. The van der Waals surface area contributed by atoms with Crippen molar-refractivity contribution in [1.82, 2.24) is 5.32 Å². The molecule has 0 bridgehead atoms. The summed E-state index contributed by atoms with van der Waals surface area (Å²) in [6, 6.07) is 5.58. The third-order valence-electron chi connectivity index (χ3n) is 3.38. The second kappa shape index (κ2) is 10.4. The van der Waals surface area contributed by atoms with Crippen LogP contribution in [-0.4, -0.2) is 56.3 Å². The molecular formula is C16H27NO5. The Morgan fingerprint density at radius 2 is 1.91 bits per heavy atom. The number of hydrogen-bond acceptors (Lipinski definition) is 6. The second-order valence-electron chi connectivity index (χ2n) is 5.05. The minimum Gasteiger partial charge on any atom is -0.493 e. The molecule has 0 saturated carbocycles. The number of aliphatic hydroxyl groups excluding tert-OH is 2. The van der Waals surface area contributed by atoms with Crippen molar-refractivity contribution in [2.75, 3.05) is 34.0 Å². The van der Waals surface area contributed by atoms with Gasteiger partial charge < -0.3 is 29.7 Å². The lowest BCUT2D eigenvalue weighted by molar-refractivity contribution is 0.0264. The van der Waals surface area contributed by atoms with Crippen molar-refractivity contribution >= 4 is 0 Å². The fraction of sp³-hybridized carbons (Fsp3) is 0.625. The molecule has 0 unspecified atom stereocenters. The molecule has 0 aliphatic rings. The first-order valence-electron chi connectivity index (χ1n) is 7.45. The Labute approximate surface area is 132 Å². The zero-order valence-electron chi connectivity index (χ0n) is 13.5. The van der Waals surface area contributed by atoms with Crippen LogP contribution in [0, 0.1) is 0 Å². The minimum absolute atomic E-state index is 0.0144. The van der Waals surface area contributed by atoms with Crippen LogP contribution < -0.4 is 14.8 Å². The summed E-state index contributed by atoms with van der Waals surface area (Å²) in [5, 5.41) is 22.0. The molecular weight excluding hydrogens is 286 g/mol. The monoisotopic (exact) mass is 313 g/mol. The standard InChI is InChI=1S/C16H27NO5/c1-4-13(9-18)17-8-14(19)11-22-10-12-5-6-15(20-2)16(7-12)21-3/h5-7,13-14,17-19H,4,8-11H2,1-3H3/t13-,14-/m0/s1. The molecule has 0 aliphatic carbocycles. The Morgan fingerprint density at radius 3 is 2.50 bits per heavy atom. The molecule has 0 aliphatic heterocycles. The Balaban J connectivity index is 2.34. The van der Waals surface area contributed by atoms with Crippen molar-refractivity contribution in [2.24, 2.45) is 0 Å². The van der Waals surface area contributed by atoms with E-state index in [1.807, 2.05) is 25.1 Å². The summed E-state index contributed by atoms with van der Waals surface area (Å²) in [4.78, 5) is 0. The number of benzene rings is 1. The van der Waals surface area contributed by atoms with Crippen molar-refractivity contribution in [2.45, 2.75) is 32.1 Å². The van der Waals surface area contributed by atoms with Crippen LogP contribution in [0.1, 0.15) is 18.9 Å². The van der Waals surface area contributed by atoms with E-state index < -0.39 is 6.10 Å². The fourth-order valence-corrected chi connectivity index (χ4v) is 1.98. The predicted molar refractivity (Wildman–Crippen MR) is 84.4 cm³/mol. The van der Waals surface area contributed by atoms with Gasteiger partial charge in [-0.05, 0) is 24.1 Å². The maximum atomic E-state index is 9.84. The zero-order valence-corrected chi connectivity index (χ0v) is 13.5. The van der Waals surface area contributed by atoms with Gasteiger partial charge in [0.2, 0.25) is 0 Å². The molecule has 22 heavy (non-hydrogen) atoms. The first-order valence-corrected chi connectivity index (χ1v) is 7.45. The van der Waals surface area contributed by atoms with Gasteiger partial charge in [0.1, 0.15) is 0 Å². The van der Waals surface area contributed by atoms with Crippen LogP contribution in [0.3, 0.4) is 0 Å². The maximum Gasteiger partial charge on any atom is 0.161 e. The fourth-order valence-electron chi connectivity index (χ4n) is 1.98. The largest absolute Gasteiger partial charge is 0.493 e. The smallest absolute Gasteiger partial charge is 0.161 e. The number of hydrogen-bond donors (Lipinski definition) is 3. The summed E-state index contributed by atoms with van der Waals surface area (Å²) in [5.74, 6) is 1.32. The van der Waals surface area contributed by atoms with Crippen molar-refractivity contribution in [1.29, 1.82) is 0 Å². The second-order valence-corrected chi connectivity index (χ2v) is 5.05. The zero-order chi connectivity index (χ0) is 16.4. The van der Waals surface area contributed by atoms with E-state index in [0.717, 1.165) is 12.0 Å². The lowest BCUT2D eigenvalue weighted by atomic mass is 10.2. The predicted octanol–water partition coefficient (Wildman–Crippen LogP) is 0.942. The van der Waals surface area contributed by atoms with E-state index in [2.05, 4.69) is 5.32 Å². The van der Waals surface area contributed by atoms with Gasteiger partial charge in [0, 0.05) is 12.6 Å². The molecule has 6 heteroatoms. The van der Waals surface area contributed by atoms with Crippen molar-refractivity contribution < 1.29 is 24.4 Å². The van der Waals surface area contributed by atoms with E-state index in [0.29, 0.717) is 24.7 Å². The number of ether oxygens (including phenoxy) is 3. The van der Waals surface area contributed by atoms with Gasteiger partial charge in [-0.2, -0.15) is 0 Å². The average molecular weight is 313 g/mol. The molecule has 0 saturated heterocycles. The number of methoxy groups -OCH3 is 2. The quantitative estimate of drug-likeness (QED) is 0.564. The molecule has 0 aromatic heterocycles. The Bertz CT molecular complexity index is 423. The summed E-state index contributed by atoms with van der Waals surface area (Å²) in [6.45, 7) is 3.05. The van der Waals surface area contributed by atoms with Crippen LogP contribution in [0.2, 0.25) is 0 Å². The molecule has 6 nitrogen and oxygen atoms in total. The van der Waals surface area contributed by atoms with E-state index in [1.165, 1.54) is 0 Å². The van der Waals surface area contributed by atoms with E-state index in [1.54, 1.807) is 14.2 Å². The van der Waals surface area contributed by atoms with E-state index in [9.17, 15) is 5.11 Å². The summed E-state index contributed by atoms with van der Waals surface area (Å²) >= 11 is 0. The van der Waals surface area contributed by atoms with Gasteiger partial charge in [0.05, 0.1) is 40.1 Å². The van der Waals surface area contributed by atoms with Crippen LogP contribution >= 0.6 is 0 Å². The molecule has 0 heterocycles. The van der Waals surface area contributed by atoms with Gasteiger partial charge in [-0.1, -0.05) is 13.0 Å². The van der Waals surface area contributed by atoms with Gasteiger partial charge in [-0.3, -0.25) is 0 Å². The summed E-state index contributed by atoms with van der Waals surface area (Å²) in [6.07, 6.45) is 0.205. The van der Waals surface area contributed by atoms with Gasteiger partial charge in [0.25, 0.3) is 0 Å². The van der Waals surface area contributed by atoms with Crippen LogP contribution in [0.25, 0.3) is 0 Å². The minimum atomic E-state index is -0.610. The average Bonchev–Trinajstić information content (AvgIpc) is 2.55.